The first-order valence-corrected chi connectivity index (χ1v) is 11.2. The average Bonchev–Trinajstić information content (AvgIpc) is 3.30. The van der Waals surface area contributed by atoms with Crippen molar-refractivity contribution < 1.29 is 23.7 Å². The van der Waals surface area contributed by atoms with Gasteiger partial charge in [-0.25, -0.2) is 5.01 Å². The van der Waals surface area contributed by atoms with Crippen molar-refractivity contribution in [2.75, 3.05) is 34.4 Å². The molecular weight excluding hydrogens is 422 g/mol. The number of likely N-dealkylation sites (tertiary alicyclic amines) is 1. The number of carbonyl (C=O) groups is 1. The van der Waals surface area contributed by atoms with Gasteiger partial charge in [-0.15, -0.1) is 0 Å². The maximum Gasteiger partial charge on any atom is 0.219 e. The monoisotopic (exact) mass is 451 g/mol. The van der Waals surface area contributed by atoms with E-state index in [2.05, 4.69) is 11.1 Å². The summed E-state index contributed by atoms with van der Waals surface area (Å²) in [5.74, 6) is 3.04. The van der Waals surface area contributed by atoms with Crippen LogP contribution in [0.4, 0.5) is 0 Å². The van der Waals surface area contributed by atoms with Crippen LogP contribution >= 0.6 is 0 Å². The number of fused-ring (bicyclic) bond motifs is 4. The minimum atomic E-state index is -0.639. The lowest BCUT2D eigenvalue weighted by Crippen LogP contribution is -2.59. The van der Waals surface area contributed by atoms with Crippen molar-refractivity contribution >= 4 is 11.6 Å². The Morgan fingerprint density at radius 1 is 1.06 bits per heavy atom. The first kappa shape index (κ1) is 21.4. The van der Waals surface area contributed by atoms with E-state index >= 15 is 0 Å². The molecule has 2 aromatic rings. The zero-order chi connectivity index (χ0) is 23.2. The highest BCUT2D eigenvalue weighted by Gasteiger charge is 2.53. The molecule has 33 heavy (non-hydrogen) atoms. The van der Waals surface area contributed by atoms with Gasteiger partial charge in [0.2, 0.25) is 11.6 Å². The molecule has 0 N–H and O–H groups in total. The summed E-state index contributed by atoms with van der Waals surface area (Å²) in [4.78, 5) is 13.8. The van der Waals surface area contributed by atoms with Crippen molar-refractivity contribution in [2.45, 2.75) is 38.0 Å². The standard InChI is InChI=1S/C25H29N3O5/c1-16(29)27-12-10-25(11-13-27)28-21(19-6-5-7-22(31-3)24(19)33-25)15-20(26-28)18-9-8-17(30-2)14-23(18)32-4/h5-9,14,21H,10-13,15H2,1-4H3/t21-/m1/s1. The normalized spacial score (nSPS) is 20.5. The number of benzene rings is 2. The lowest BCUT2D eigenvalue weighted by atomic mass is 9.90. The lowest BCUT2D eigenvalue weighted by molar-refractivity contribution is -0.159. The molecule has 1 saturated heterocycles. The van der Waals surface area contributed by atoms with Gasteiger partial charge in [0.25, 0.3) is 0 Å². The highest BCUT2D eigenvalue weighted by Crippen LogP contribution is 2.53. The van der Waals surface area contributed by atoms with Gasteiger partial charge in [-0.05, 0) is 18.2 Å². The van der Waals surface area contributed by atoms with E-state index in [0.29, 0.717) is 32.4 Å². The van der Waals surface area contributed by atoms with Gasteiger partial charge in [-0.1, -0.05) is 12.1 Å². The number of hydrazone groups is 1. The predicted molar refractivity (Wildman–Crippen MR) is 123 cm³/mol. The number of hydrogen-bond acceptors (Lipinski definition) is 7. The number of para-hydroxylation sites is 1. The molecule has 3 aliphatic heterocycles. The van der Waals surface area contributed by atoms with Gasteiger partial charge in [-0.3, -0.25) is 4.79 Å². The summed E-state index contributed by atoms with van der Waals surface area (Å²) in [6, 6.07) is 11.8. The number of rotatable bonds is 4. The van der Waals surface area contributed by atoms with Gasteiger partial charge in [0.15, 0.2) is 11.5 Å². The molecular formula is C25H29N3O5. The molecule has 0 unspecified atom stereocenters. The van der Waals surface area contributed by atoms with Gasteiger partial charge in [-0.2, -0.15) is 5.10 Å². The third-order valence-electron chi connectivity index (χ3n) is 6.92. The zero-order valence-electron chi connectivity index (χ0n) is 19.5. The highest BCUT2D eigenvalue weighted by atomic mass is 16.5. The molecule has 1 atom stereocenters. The Morgan fingerprint density at radius 2 is 1.82 bits per heavy atom. The maximum atomic E-state index is 12.0. The van der Waals surface area contributed by atoms with E-state index in [9.17, 15) is 4.79 Å². The van der Waals surface area contributed by atoms with Gasteiger partial charge >= 0.3 is 0 Å². The van der Waals surface area contributed by atoms with Gasteiger partial charge in [0, 0.05) is 56.5 Å². The van der Waals surface area contributed by atoms with Crippen LogP contribution in [-0.2, 0) is 4.79 Å². The number of carbonyl (C=O) groups excluding carboxylic acids is 1. The Hall–Kier alpha value is -3.42. The topological polar surface area (TPSA) is 72.8 Å². The van der Waals surface area contributed by atoms with E-state index < -0.39 is 5.72 Å². The summed E-state index contributed by atoms with van der Waals surface area (Å²) in [6.07, 6.45) is 2.04. The number of nitrogens with zero attached hydrogens (tertiary/aromatic N) is 3. The molecule has 8 heteroatoms. The summed E-state index contributed by atoms with van der Waals surface area (Å²) in [7, 11) is 4.96. The van der Waals surface area contributed by atoms with Gasteiger partial charge in [0.1, 0.15) is 11.5 Å². The number of methoxy groups -OCH3 is 3. The molecule has 1 spiro atoms. The predicted octanol–water partition coefficient (Wildman–Crippen LogP) is 3.59. The molecule has 3 aliphatic rings. The molecule has 1 amide bonds. The van der Waals surface area contributed by atoms with Crippen LogP contribution in [0.2, 0.25) is 0 Å². The molecule has 0 aliphatic carbocycles. The fourth-order valence-electron chi connectivity index (χ4n) is 5.13. The summed E-state index contributed by atoms with van der Waals surface area (Å²) in [5.41, 5.74) is 2.29. The van der Waals surface area contributed by atoms with E-state index in [1.54, 1.807) is 28.3 Å². The van der Waals surface area contributed by atoms with Gasteiger partial charge < -0.3 is 23.8 Å². The molecule has 174 valence electrons. The summed E-state index contributed by atoms with van der Waals surface area (Å²) in [6.45, 7) is 2.86. The minimum absolute atomic E-state index is 0.00883. The summed E-state index contributed by atoms with van der Waals surface area (Å²) < 4.78 is 23.4. The Bertz CT molecular complexity index is 1110. The van der Waals surface area contributed by atoms with Crippen LogP contribution in [-0.4, -0.2) is 61.7 Å². The Balaban J connectivity index is 1.58. The molecule has 0 radical (unpaired) electrons. The van der Waals surface area contributed by atoms with Gasteiger partial charge in [0.05, 0.1) is 33.1 Å². The summed E-state index contributed by atoms with van der Waals surface area (Å²) in [5, 5.41) is 7.22. The van der Waals surface area contributed by atoms with E-state index in [1.165, 1.54) is 0 Å². The largest absolute Gasteiger partial charge is 0.497 e. The van der Waals surface area contributed by atoms with Crippen LogP contribution in [0, 0.1) is 0 Å². The average molecular weight is 452 g/mol. The smallest absolute Gasteiger partial charge is 0.219 e. The van der Waals surface area contributed by atoms with E-state index in [4.69, 9.17) is 24.0 Å². The molecule has 8 nitrogen and oxygen atoms in total. The fraction of sp³-hybridized carbons (Fsp3) is 0.440. The van der Waals surface area contributed by atoms with Crippen molar-refractivity contribution in [3.63, 3.8) is 0 Å². The second-order valence-corrected chi connectivity index (χ2v) is 8.61. The van der Waals surface area contributed by atoms with E-state index in [1.807, 2.05) is 35.2 Å². The van der Waals surface area contributed by atoms with Crippen LogP contribution in [0.5, 0.6) is 23.0 Å². The quantitative estimate of drug-likeness (QED) is 0.707. The first-order chi connectivity index (χ1) is 16.0. The molecule has 3 heterocycles. The fourth-order valence-corrected chi connectivity index (χ4v) is 5.13. The molecule has 0 bridgehead atoms. The molecule has 2 aromatic carbocycles. The Morgan fingerprint density at radius 3 is 2.48 bits per heavy atom. The van der Waals surface area contributed by atoms with Crippen molar-refractivity contribution in [3.05, 3.63) is 47.5 Å². The van der Waals surface area contributed by atoms with Crippen molar-refractivity contribution in [1.29, 1.82) is 0 Å². The highest BCUT2D eigenvalue weighted by molar-refractivity contribution is 6.04. The minimum Gasteiger partial charge on any atom is -0.497 e. The molecule has 0 saturated carbocycles. The van der Waals surface area contributed by atoms with Crippen LogP contribution in [0.25, 0.3) is 0 Å². The summed E-state index contributed by atoms with van der Waals surface area (Å²) >= 11 is 0. The van der Waals surface area contributed by atoms with Crippen LogP contribution in [0.3, 0.4) is 0 Å². The zero-order valence-corrected chi connectivity index (χ0v) is 19.5. The van der Waals surface area contributed by atoms with Crippen molar-refractivity contribution in [1.82, 2.24) is 9.91 Å². The lowest BCUT2D eigenvalue weighted by Gasteiger charge is -2.51. The van der Waals surface area contributed by atoms with Crippen LogP contribution < -0.4 is 18.9 Å². The van der Waals surface area contributed by atoms with E-state index in [0.717, 1.165) is 39.8 Å². The number of ether oxygens (including phenoxy) is 4. The third-order valence-corrected chi connectivity index (χ3v) is 6.92. The number of hydrogen-bond donors (Lipinski definition) is 0. The Kier molecular flexibility index (Phi) is 5.31. The Labute approximate surface area is 193 Å². The molecule has 5 rings (SSSR count). The van der Waals surface area contributed by atoms with Crippen LogP contribution in [0.1, 0.15) is 43.4 Å². The first-order valence-electron chi connectivity index (χ1n) is 11.2. The van der Waals surface area contributed by atoms with E-state index in [-0.39, 0.29) is 11.9 Å². The molecule has 1 fully saturated rings. The second-order valence-electron chi connectivity index (χ2n) is 8.61. The number of piperidine rings is 1. The van der Waals surface area contributed by atoms with Crippen molar-refractivity contribution in [2.24, 2.45) is 5.10 Å². The second kappa shape index (κ2) is 8.17. The van der Waals surface area contributed by atoms with Crippen LogP contribution in [0.15, 0.2) is 41.5 Å². The third kappa shape index (κ3) is 3.44. The number of amides is 1. The maximum absolute atomic E-state index is 12.0. The molecule has 0 aromatic heterocycles. The SMILES string of the molecule is COc1ccc(C2=NN3[C@H](C2)c2cccc(OC)c2OC32CCN(C(C)=O)CC2)c(OC)c1. The van der Waals surface area contributed by atoms with Crippen molar-refractivity contribution in [3.8, 4) is 23.0 Å².